The van der Waals surface area contributed by atoms with Gasteiger partial charge in [-0.3, -0.25) is 14.9 Å². The van der Waals surface area contributed by atoms with Gasteiger partial charge in [0.15, 0.2) is 23.2 Å². The molecule has 0 fully saturated rings. The van der Waals surface area contributed by atoms with Crippen LogP contribution in [0.5, 0.6) is 11.5 Å². The van der Waals surface area contributed by atoms with E-state index in [9.17, 15) is 28.0 Å². The fraction of sp³-hybridized carbons (Fsp3) is 0.167. The number of carbonyl (C=O) groups is 2. The Labute approximate surface area is 208 Å². The summed E-state index contributed by atoms with van der Waals surface area (Å²) < 4.78 is 49.6. The van der Waals surface area contributed by atoms with Crippen molar-refractivity contribution in [3.05, 3.63) is 70.7 Å². The number of aromatic nitrogens is 1. The minimum Gasteiger partial charge on any atom is -0.490 e. The predicted octanol–water partition coefficient (Wildman–Crippen LogP) is 5.12. The lowest BCUT2D eigenvalue weighted by Crippen LogP contribution is -2.20. The van der Waals surface area contributed by atoms with E-state index >= 15 is 0 Å². The smallest absolute Gasteiger partial charge is 0.416 e. The first kappa shape index (κ1) is 26.2. The topological polar surface area (TPSA) is 113 Å². The maximum atomic E-state index is 12.9. The van der Waals surface area contributed by atoms with E-state index in [1.54, 1.807) is 18.4 Å². The minimum absolute atomic E-state index is 0.0241. The summed E-state index contributed by atoms with van der Waals surface area (Å²) >= 11 is 1.21. The van der Waals surface area contributed by atoms with Crippen molar-refractivity contribution < 1.29 is 32.2 Å². The SMILES string of the molecule is CCOc1cc(/C=C(/C#N)C(=O)Nc2nccs2)ccc1OCC(=O)Nc1cccc(C(F)(F)F)c1. The number of hydrogen-bond donors (Lipinski definition) is 2. The van der Waals surface area contributed by atoms with Gasteiger partial charge in [0, 0.05) is 17.3 Å². The molecule has 1 heterocycles. The van der Waals surface area contributed by atoms with Crippen molar-refractivity contribution in [2.24, 2.45) is 0 Å². The van der Waals surface area contributed by atoms with Crippen LogP contribution in [-0.4, -0.2) is 30.0 Å². The molecule has 8 nitrogen and oxygen atoms in total. The van der Waals surface area contributed by atoms with Crippen LogP contribution in [0.2, 0.25) is 0 Å². The number of amides is 2. The molecule has 0 atom stereocenters. The van der Waals surface area contributed by atoms with Gasteiger partial charge in [-0.25, -0.2) is 4.98 Å². The number of halogens is 3. The number of hydrogen-bond acceptors (Lipinski definition) is 7. The summed E-state index contributed by atoms with van der Waals surface area (Å²) in [6.07, 6.45) is -1.66. The Morgan fingerprint density at radius 1 is 1.14 bits per heavy atom. The molecule has 0 spiro atoms. The van der Waals surface area contributed by atoms with E-state index in [1.807, 2.05) is 6.07 Å². The van der Waals surface area contributed by atoms with Crippen LogP contribution in [0.3, 0.4) is 0 Å². The number of nitrogens with one attached hydrogen (secondary N) is 2. The third-order valence-corrected chi connectivity index (χ3v) is 5.12. The highest BCUT2D eigenvalue weighted by molar-refractivity contribution is 7.13. The van der Waals surface area contributed by atoms with E-state index in [-0.39, 0.29) is 29.4 Å². The van der Waals surface area contributed by atoms with Gasteiger partial charge >= 0.3 is 6.18 Å². The van der Waals surface area contributed by atoms with Gasteiger partial charge in [-0.2, -0.15) is 18.4 Å². The molecule has 0 aliphatic heterocycles. The minimum atomic E-state index is -4.53. The van der Waals surface area contributed by atoms with Crippen molar-refractivity contribution in [3.8, 4) is 17.6 Å². The number of benzene rings is 2. The number of alkyl halides is 3. The Balaban J connectivity index is 1.69. The van der Waals surface area contributed by atoms with Crippen molar-refractivity contribution >= 4 is 40.0 Å². The van der Waals surface area contributed by atoms with E-state index < -0.39 is 30.2 Å². The molecular weight excluding hydrogens is 497 g/mol. The molecule has 0 saturated carbocycles. The van der Waals surface area contributed by atoms with Crippen molar-refractivity contribution in [3.63, 3.8) is 0 Å². The van der Waals surface area contributed by atoms with E-state index in [4.69, 9.17) is 9.47 Å². The molecule has 0 saturated heterocycles. The first-order valence-corrected chi connectivity index (χ1v) is 11.3. The van der Waals surface area contributed by atoms with E-state index in [1.165, 1.54) is 47.9 Å². The number of nitrogens with zero attached hydrogens (tertiary/aromatic N) is 2. The maximum Gasteiger partial charge on any atom is 0.416 e. The van der Waals surface area contributed by atoms with Crippen molar-refractivity contribution in [2.45, 2.75) is 13.1 Å². The molecule has 36 heavy (non-hydrogen) atoms. The summed E-state index contributed by atoms with van der Waals surface area (Å²) in [6, 6.07) is 10.6. The van der Waals surface area contributed by atoms with Gasteiger partial charge in [-0.1, -0.05) is 12.1 Å². The number of thiazole rings is 1. The van der Waals surface area contributed by atoms with Gasteiger partial charge in [0.05, 0.1) is 12.2 Å². The number of nitriles is 1. The number of anilines is 2. The Morgan fingerprint density at radius 2 is 1.94 bits per heavy atom. The molecular formula is C24H19F3N4O4S. The zero-order valence-corrected chi connectivity index (χ0v) is 19.6. The normalized spacial score (nSPS) is 11.4. The van der Waals surface area contributed by atoms with E-state index in [0.717, 1.165) is 12.1 Å². The van der Waals surface area contributed by atoms with Gasteiger partial charge in [0.1, 0.15) is 11.6 Å². The van der Waals surface area contributed by atoms with Crippen LogP contribution in [0.4, 0.5) is 24.0 Å². The molecule has 3 rings (SSSR count). The van der Waals surface area contributed by atoms with Gasteiger partial charge in [0.2, 0.25) is 0 Å². The zero-order chi connectivity index (χ0) is 26.1. The number of ether oxygens (including phenoxy) is 2. The van der Waals surface area contributed by atoms with Gasteiger partial charge in [-0.15, -0.1) is 11.3 Å². The van der Waals surface area contributed by atoms with E-state index in [0.29, 0.717) is 10.7 Å². The average Bonchev–Trinajstić information content (AvgIpc) is 3.34. The Morgan fingerprint density at radius 3 is 2.61 bits per heavy atom. The fourth-order valence-electron chi connectivity index (χ4n) is 2.88. The molecule has 186 valence electrons. The third kappa shape index (κ3) is 7.31. The molecule has 2 N–H and O–H groups in total. The third-order valence-electron chi connectivity index (χ3n) is 4.43. The summed E-state index contributed by atoms with van der Waals surface area (Å²) in [5.41, 5.74) is -0.614. The molecule has 0 radical (unpaired) electrons. The molecule has 0 bridgehead atoms. The first-order chi connectivity index (χ1) is 17.2. The fourth-order valence-corrected chi connectivity index (χ4v) is 3.40. The van der Waals surface area contributed by atoms with Crippen molar-refractivity contribution in [1.29, 1.82) is 5.26 Å². The van der Waals surface area contributed by atoms with Crippen molar-refractivity contribution in [2.75, 3.05) is 23.8 Å². The largest absolute Gasteiger partial charge is 0.490 e. The second-order valence-corrected chi connectivity index (χ2v) is 7.91. The molecule has 2 aromatic carbocycles. The van der Waals surface area contributed by atoms with Crippen molar-refractivity contribution in [1.82, 2.24) is 4.98 Å². The van der Waals surface area contributed by atoms with Crippen LogP contribution in [0, 0.1) is 11.3 Å². The van der Waals surface area contributed by atoms with Gasteiger partial charge in [0.25, 0.3) is 11.8 Å². The molecule has 3 aromatic rings. The lowest BCUT2D eigenvalue weighted by atomic mass is 10.1. The van der Waals surface area contributed by atoms with Crippen LogP contribution in [0.1, 0.15) is 18.1 Å². The molecule has 12 heteroatoms. The molecule has 1 aromatic heterocycles. The van der Waals surface area contributed by atoms with Crippen LogP contribution in [0.15, 0.2) is 59.6 Å². The van der Waals surface area contributed by atoms with Gasteiger partial charge in [-0.05, 0) is 48.9 Å². The summed E-state index contributed by atoms with van der Waals surface area (Å²) in [4.78, 5) is 28.5. The number of rotatable bonds is 9. The van der Waals surface area contributed by atoms with E-state index in [2.05, 4.69) is 15.6 Å². The monoisotopic (exact) mass is 516 g/mol. The van der Waals surface area contributed by atoms with Crippen LogP contribution in [0.25, 0.3) is 6.08 Å². The first-order valence-electron chi connectivity index (χ1n) is 10.4. The highest BCUT2D eigenvalue weighted by Crippen LogP contribution is 2.31. The standard InChI is InChI=1S/C24H19F3N4O4S/c1-2-34-20-11-15(10-16(13-28)22(33)31-23-29-8-9-36-23)6-7-19(20)35-14-21(32)30-18-5-3-4-17(12-18)24(25,26)27/h3-12H,2,14H2,1H3,(H,30,32)(H,29,31,33)/b16-10-. The van der Waals surface area contributed by atoms with Crippen LogP contribution in [-0.2, 0) is 15.8 Å². The Bertz CT molecular complexity index is 1300. The summed E-state index contributed by atoms with van der Waals surface area (Å²) in [6.45, 7) is 1.50. The van der Waals surface area contributed by atoms with Gasteiger partial charge < -0.3 is 14.8 Å². The van der Waals surface area contributed by atoms with Crippen LogP contribution < -0.4 is 20.1 Å². The molecule has 0 aliphatic rings. The predicted molar refractivity (Wildman–Crippen MR) is 128 cm³/mol. The zero-order valence-electron chi connectivity index (χ0n) is 18.8. The summed E-state index contributed by atoms with van der Waals surface area (Å²) in [5.74, 6) is -0.863. The van der Waals surface area contributed by atoms with Crippen LogP contribution >= 0.6 is 11.3 Å². The summed E-state index contributed by atoms with van der Waals surface area (Å²) in [5, 5.41) is 16.3. The number of carbonyl (C=O) groups excluding carboxylic acids is 2. The average molecular weight is 517 g/mol. The molecule has 2 amide bonds. The second kappa shape index (κ2) is 11.9. The summed E-state index contributed by atoms with van der Waals surface area (Å²) in [7, 11) is 0. The highest BCUT2D eigenvalue weighted by atomic mass is 32.1. The second-order valence-electron chi connectivity index (χ2n) is 7.02. The Hall–Kier alpha value is -4.37. The Kier molecular flexibility index (Phi) is 8.64. The lowest BCUT2D eigenvalue weighted by molar-refractivity contribution is -0.137. The maximum absolute atomic E-state index is 12.9. The highest BCUT2D eigenvalue weighted by Gasteiger charge is 2.30. The lowest BCUT2D eigenvalue weighted by Gasteiger charge is -2.13. The quantitative estimate of drug-likeness (QED) is 0.301. The molecule has 0 unspecified atom stereocenters. The molecule has 0 aliphatic carbocycles.